The molecule has 1 aliphatic carbocycles. The molecule has 3 atom stereocenters. The van der Waals surface area contributed by atoms with Gasteiger partial charge in [0.25, 0.3) is 5.91 Å². The van der Waals surface area contributed by atoms with Gasteiger partial charge in [-0.15, -0.1) is 10.2 Å². The zero-order valence-electron chi connectivity index (χ0n) is 15.6. The topological polar surface area (TPSA) is 114 Å². The summed E-state index contributed by atoms with van der Waals surface area (Å²) in [5.74, 6) is 0.0463. The van der Waals surface area contributed by atoms with E-state index in [2.05, 4.69) is 25.5 Å². The minimum absolute atomic E-state index is 0.0152. The minimum Gasteiger partial charge on any atom is -0.417 e. The van der Waals surface area contributed by atoms with Crippen LogP contribution in [0.1, 0.15) is 40.2 Å². The Hall–Kier alpha value is -3.62. The molecule has 29 heavy (non-hydrogen) atoms. The molecule has 1 N–H and O–H groups in total. The van der Waals surface area contributed by atoms with Gasteiger partial charge in [-0.05, 0) is 17.9 Å². The van der Waals surface area contributed by atoms with Crippen molar-refractivity contribution in [3.63, 3.8) is 0 Å². The summed E-state index contributed by atoms with van der Waals surface area (Å²) in [6.07, 6.45) is 4.40. The third-order valence-electron chi connectivity index (χ3n) is 5.39. The first-order valence-electron chi connectivity index (χ1n) is 9.37. The Balaban J connectivity index is 1.32. The van der Waals surface area contributed by atoms with Crippen LogP contribution in [0.3, 0.4) is 0 Å². The van der Waals surface area contributed by atoms with Gasteiger partial charge < -0.3 is 9.73 Å². The molecule has 1 aliphatic heterocycles. The summed E-state index contributed by atoms with van der Waals surface area (Å²) in [4.78, 5) is 35.7. The molecule has 3 aromatic rings. The predicted molar refractivity (Wildman–Crippen MR) is 101 cm³/mol. The molecule has 0 saturated heterocycles. The maximum atomic E-state index is 12.9. The number of hydrogen-bond donors (Lipinski definition) is 1. The van der Waals surface area contributed by atoms with Crippen molar-refractivity contribution < 1.29 is 14.0 Å². The van der Waals surface area contributed by atoms with Crippen molar-refractivity contribution in [2.75, 3.05) is 11.9 Å². The number of rotatable bonds is 4. The second-order valence-corrected chi connectivity index (χ2v) is 7.28. The van der Waals surface area contributed by atoms with E-state index in [0.29, 0.717) is 18.1 Å². The van der Waals surface area contributed by atoms with E-state index >= 15 is 0 Å². The fraction of sp³-hybridized carbons (Fsp3) is 0.300. The first kappa shape index (κ1) is 17.5. The third-order valence-corrected chi connectivity index (χ3v) is 5.39. The maximum absolute atomic E-state index is 12.9. The van der Waals surface area contributed by atoms with Gasteiger partial charge in [0.05, 0.1) is 12.1 Å². The van der Waals surface area contributed by atoms with Crippen molar-refractivity contribution in [2.45, 2.75) is 24.8 Å². The van der Waals surface area contributed by atoms with Gasteiger partial charge in [0, 0.05) is 25.4 Å². The van der Waals surface area contributed by atoms with Crippen LogP contribution in [0, 0.1) is 5.92 Å². The Bertz CT molecular complexity index is 1080. The molecule has 0 unspecified atom stereocenters. The molecule has 2 aliphatic rings. The first-order chi connectivity index (χ1) is 14.1. The lowest BCUT2D eigenvalue weighted by molar-refractivity contribution is -0.120. The average Bonchev–Trinajstić information content (AvgIpc) is 3.41. The molecule has 0 radical (unpaired) electrons. The highest BCUT2D eigenvalue weighted by molar-refractivity contribution is 6.02. The number of amides is 2. The molecule has 9 heteroatoms. The van der Waals surface area contributed by atoms with Crippen LogP contribution in [0.2, 0.25) is 0 Å². The molecule has 0 spiro atoms. The molecule has 3 heterocycles. The second kappa shape index (κ2) is 6.77. The van der Waals surface area contributed by atoms with Crippen molar-refractivity contribution in [3.8, 4) is 0 Å². The van der Waals surface area contributed by atoms with E-state index in [9.17, 15) is 9.59 Å². The fourth-order valence-corrected chi connectivity index (χ4v) is 3.81. The molecular weight excluding hydrogens is 372 g/mol. The minimum atomic E-state index is -0.682. The number of carbonyl (C=O) groups excluding carboxylic acids is 2. The number of carbonyl (C=O) groups is 2. The highest BCUT2D eigenvalue weighted by Gasteiger charge is 2.53. The lowest BCUT2D eigenvalue weighted by atomic mass is 10.1. The predicted octanol–water partition coefficient (Wildman–Crippen LogP) is 1.33. The van der Waals surface area contributed by atoms with E-state index in [1.54, 1.807) is 19.4 Å². The number of hydrogen-bond acceptors (Lipinski definition) is 7. The maximum Gasteiger partial charge on any atom is 0.309 e. The Kier molecular flexibility index (Phi) is 4.08. The van der Waals surface area contributed by atoms with Crippen LogP contribution in [0.25, 0.3) is 0 Å². The van der Waals surface area contributed by atoms with Crippen molar-refractivity contribution >= 4 is 17.6 Å². The van der Waals surface area contributed by atoms with E-state index in [1.165, 1.54) is 4.90 Å². The fourth-order valence-electron chi connectivity index (χ4n) is 3.81. The SMILES string of the molecule is CN1C(=O)[C@@H](NC(=O)c2nnc(Cc3ccccc3)o2)[C@H]2C[C@H]2c2nccnc21. The van der Waals surface area contributed by atoms with E-state index in [-0.39, 0.29) is 23.6 Å². The number of aromatic nitrogens is 4. The zero-order valence-corrected chi connectivity index (χ0v) is 15.6. The van der Waals surface area contributed by atoms with Crippen LogP contribution < -0.4 is 10.2 Å². The van der Waals surface area contributed by atoms with Gasteiger partial charge in [0.2, 0.25) is 5.89 Å². The number of likely N-dealkylation sites (N-methyl/N-ethyl adjacent to an activating group) is 1. The number of nitrogens with one attached hydrogen (secondary N) is 1. The molecule has 1 aromatic carbocycles. The van der Waals surface area contributed by atoms with Crippen LogP contribution in [-0.2, 0) is 11.2 Å². The molecule has 2 aromatic heterocycles. The Labute approximate surface area is 166 Å². The van der Waals surface area contributed by atoms with Gasteiger partial charge in [-0.25, -0.2) is 4.98 Å². The van der Waals surface area contributed by atoms with E-state index < -0.39 is 11.9 Å². The lowest BCUT2D eigenvalue weighted by Crippen LogP contribution is -2.48. The highest BCUT2D eigenvalue weighted by Crippen LogP contribution is 2.53. The lowest BCUT2D eigenvalue weighted by Gasteiger charge is -2.21. The van der Waals surface area contributed by atoms with Crippen molar-refractivity contribution in [1.29, 1.82) is 0 Å². The van der Waals surface area contributed by atoms with Crippen molar-refractivity contribution in [3.05, 3.63) is 65.8 Å². The Morgan fingerprint density at radius 3 is 2.83 bits per heavy atom. The van der Waals surface area contributed by atoms with Crippen LogP contribution in [-0.4, -0.2) is 45.1 Å². The molecule has 9 nitrogen and oxygen atoms in total. The second-order valence-electron chi connectivity index (χ2n) is 7.28. The number of benzene rings is 1. The van der Waals surface area contributed by atoms with Gasteiger partial charge in [0.1, 0.15) is 6.04 Å². The molecule has 1 fully saturated rings. The van der Waals surface area contributed by atoms with E-state index in [1.807, 2.05) is 30.3 Å². The average molecular weight is 390 g/mol. The Morgan fingerprint density at radius 2 is 2.00 bits per heavy atom. The number of anilines is 1. The van der Waals surface area contributed by atoms with Crippen LogP contribution in [0.5, 0.6) is 0 Å². The van der Waals surface area contributed by atoms with E-state index in [0.717, 1.165) is 17.7 Å². The molecule has 0 bridgehead atoms. The third kappa shape index (κ3) is 3.14. The summed E-state index contributed by atoms with van der Waals surface area (Å²) >= 11 is 0. The number of nitrogens with zero attached hydrogens (tertiary/aromatic N) is 5. The van der Waals surface area contributed by atoms with Crippen molar-refractivity contribution in [1.82, 2.24) is 25.5 Å². The van der Waals surface area contributed by atoms with Gasteiger partial charge >= 0.3 is 11.8 Å². The summed E-state index contributed by atoms with van der Waals surface area (Å²) in [6.45, 7) is 0. The van der Waals surface area contributed by atoms with Crippen LogP contribution >= 0.6 is 0 Å². The van der Waals surface area contributed by atoms with Gasteiger partial charge in [-0.2, -0.15) is 0 Å². The van der Waals surface area contributed by atoms with Gasteiger partial charge in [0.15, 0.2) is 5.82 Å². The molecule has 1 saturated carbocycles. The molecule has 5 rings (SSSR count). The Morgan fingerprint density at radius 1 is 1.21 bits per heavy atom. The van der Waals surface area contributed by atoms with Gasteiger partial charge in [-0.1, -0.05) is 30.3 Å². The molecule has 146 valence electrons. The summed E-state index contributed by atoms with van der Waals surface area (Å²) in [6, 6.07) is 8.96. The summed E-state index contributed by atoms with van der Waals surface area (Å²) in [5.41, 5.74) is 1.80. The summed E-state index contributed by atoms with van der Waals surface area (Å²) < 4.78 is 5.51. The summed E-state index contributed by atoms with van der Waals surface area (Å²) in [5, 5.41) is 10.6. The number of fused-ring (bicyclic) bond motifs is 3. The monoisotopic (exact) mass is 390 g/mol. The highest BCUT2D eigenvalue weighted by atomic mass is 16.4. The smallest absolute Gasteiger partial charge is 0.309 e. The standard InChI is InChI=1S/C20H18N6O3/c1-26-17-15(21-7-8-22-17)12-10-13(12)16(20(26)28)23-18(27)19-25-24-14(29-19)9-11-5-3-2-4-6-11/h2-8,12-13,16H,9-10H2,1H3,(H,23,27)/t12-,13+,16+/m1/s1. The quantitative estimate of drug-likeness (QED) is 0.715. The van der Waals surface area contributed by atoms with Gasteiger partial charge in [-0.3, -0.25) is 19.5 Å². The van der Waals surface area contributed by atoms with Crippen LogP contribution in [0.15, 0.2) is 47.1 Å². The summed E-state index contributed by atoms with van der Waals surface area (Å²) in [7, 11) is 1.64. The molecule has 2 amide bonds. The van der Waals surface area contributed by atoms with Crippen LogP contribution in [0.4, 0.5) is 5.82 Å². The van der Waals surface area contributed by atoms with E-state index in [4.69, 9.17) is 4.42 Å². The largest absolute Gasteiger partial charge is 0.417 e. The zero-order chi connectivity index (χ0) is 20.0. The normalized spacial score (nSPS) is 22.4. The van der Waals surface area contributed by atoms with Crippen molar-refractivity contribution in [2.24, 2.45) is 5.92 Å². The first-order valence-corrected chi connectivity index (χ1v) is 9.37. The molecular formula is C20H18N6O3.